The number of aliphatic imine (C=N–C) groups is 1. The van der Waals surface area contributed by atoms with E-state index in [2.05, 4.69) is 4.99 Å². The van der Waals surface area contributed by atoms with E-state index >= 15 is 0 Å². The first kappa shape index (κ1) is 13.6. The van der Waals surface area contributed by atoms with E-state index < -0.39 is 29.0 Å². The number of carboxylic acid groups (broad SMARTS) is 1. The van der Waals surface area contributed by atoms with E-state index in [4.69, 9.17) is 5.11 Å². The Bertz CT molecular complexity index is 571. The summed E-state index contributed by atoms with van der Waals surface area (Å²) >= 11 is 0. The summed E-state index contributed by atoms with van der Waals surface area (Å²) in [5.41, 5.74) is -1.29. The second-order valence-electron chi connectivity index (χ2n) is 4.47. The molecule has 0 saturated carbocycles. The summed E-state index contributed by atoms with van der Waals surface area (Å²) in [7, 11) is 0. The molecule has 1 N–H and O–H groups in total. The zero-order chi connectivity index (χ0) is 14.2. The Morgan fingerprint density at radius 3 is 2.58 bits per heavy atom. The third kappa shape index (κ3) is 2.11. The number of hydrogen-bond acceptors (Lipinski definition) is 2. The lowest BCUT2D eigenvalue weighted by Gasteiger charge is -2.17. The molecule has 102 valence electrons. The van der Waals surface area contributed by atoms with Crippen LogP contribution in [0.25, 0.3) is 0 Å². The average molecular weight is 271 g/mol. The van der Waals surface area contributed by atoms with Crippen LogP contribution in [0.3, 0.4) is 0 Å². The number of hydrogen-bond donors (Lipinski definition) is 1. The highest BCUT2D eigenvalue weighted by Crippen LogP contribution is 2.32. The van der Waals surface area contributed by atoms with Crippen LogP contribution in [0.15, 0.2) is 17.1 Å². The van der Waals surface area contributed by atoms with Crippen molar-refractivity contribution in [1.82, 2.24) is 0 Å². The van der Waals surface area contributed by atoms with Crippen molar-refractivity contribution in [3.05, 3.63) is 35.1 Å². The van der Waals surface area contributed by atoms with Crippen LogP contribution in [0.5, 0.6) is 0 Å². The predicted octanol–water partition coefficient (Wildman–Crippen LogP) is 2.92. The Morgan fingerprint density at radius 2 is 2.05 bits per heavy atom. The fraction of sp³-hybridized carbons (Fsp3) is 0.385. The lowest BCUT2D eigenvalue weighted by Crippen LogP contribution is -2.33. The highest BCUT2D eigenvalue weighted by atomic mass is 19.2. The van der Waals surface area contributed by atoms with Crippen LogP contribution >= 0.6 is 0 Å². The van der Waals surface area contributed by atoms with Gasteiger partial charge >= 0.3 is 5.97 Å². The maximum absolute atomic E-state index is 13.6. The van der Waals surface area contributed by atoms with Gasteiger partial charge in [0.1, 0.15) is 0 Å². The van der Waals surface area contributed by atoms with Gasteiger partial charge < -0.3 is 5.11 Å². The summed E-state index contributed by atoms with van der Waals surface area (Å²) < 4.78 is 39.6. The third-order valence-electron chi connectivity index (χ3n) is 3.45. The van der Waals surface area contributed by atoms with Crippen molar-refractivity contribution in [1.29, 1.82) is 0 Å². The van der Waals surface area contributed by atoms with Crippen molar-refractivity contribution in [2.24, 2.45) is 4.99 Å². The molecule has 6 heteroatoms. The predicted molar refractivity (Wildman–Crippen MR) is 62.7 cm³/mol. The molecule has 0 aromatic heterocycles. The van der Waals surface area contributed by atoms with Crippen molar-refractivity contribution in [2.45, 2.75) is 31.7 Å². The smallest absolute Gasteiger partial charge is 0.331 e. The molecule has 1 aliphatic heterocycles. The Morgan fingerprint density at radius 1 is 1.37 bits per heavy atom. The molecule has 1 aromatic carbocycles. The van der Waals surface area contributed by atoms with Crippen molar-refractivity contribution in [3.8, 4) is 0 Å². The second-order valence-corrected chi connectivity index (χ2v) is 4.47. The minimum Gasteiger partial charge on any atom is -0.479 e. The molecule has 1 atom stereocenters. The zero-order valence-corrected chi connectivity index (χ0v) is 10.2. The highest BCUT2D eigenvalue weighted by molar-refractivity contribution is 6.04. The van der Waals surface area contributed by atoms with E-state index in [1.807, 2.05) is 0 Å². The Balaban J connectivity index is 2.48. The van der Waals surface area contributed by atoms with Gasteiger partial charge in [-0.25, -0.2) is 18.0 Å². The maximum Gasteiger partial charge on any atom is 0.331 e. The molecule has 0 spiro atoms. The Hall–Kier alpha value is -1.85. The van der Waals surface area contributed by atoms with Gasteiger partial charge in [-0.15, -0.1) is 0 Å². The van der Waals surface area contributed by atoms with Gasteiger partial charge in [0.05, 0.1) is 0 Å². The number of benzene rings is 1. The van der Waals surface area contributed by atoms with E-state index in [0.717, 1.165) is 12.1 Å². The SMILES string of the molecule is CC[C@]1(C(=O)O)CCC(c2ccc(F)c(F)c2F)=N1. The number of aliphatic carboxylic acids is 1. The molecule has 0 bridgehead atoms. The van der Waals surface area contributed by atoms with Gasteiger partial charge in [0.25, 0.3) is 0 Å². The zero-order valence-electron chi connectivity index (χ0n) is 10.2. The first-order valence-corrected chi connectivity index (χ1v) is 5.87. The van der Waals surface area contributed by atoms with Crippen LogP contribution in [0.4, 0.5) is 13.2 Å². The first-order chi connectivity index (χ1) is 8.91. The standard InChI is InChI=1S/C13H12F3NO2/c1-2-13(12(18)19)6-5-9(17-13)7-3-4-8(14)11(16)10(7)15/h3-4H,2,5-6H2,1H3,(H,18,19)/t13-/m1/s1. The molecule has 1 aliphatic rings. The summed E-state index contributed by atoms with van der Waals surface area (Å²) in [6.07, 6.45) is 0.714. The molecule has 0 fully saturated rings. The van der Waals surface area contributed by atoms with Gasteiger partial charge in [-0.1, -0.05) is 6.92 Å². The van der Waals surface area contributed by atoms with Crippen LogP contribution in [0.1, 0.15) is 31.7 Å². The number of rotatable bonds is 3. The van der Waals surface area contributed by atoms with Gasteiger partial charge in [-0.05, 0) is 31.4 Å². The summed E-state index contributed by atoms with van der Waals surface area (Å²) in [4.78, 5) is 15.2. The largest absolute Gasteiger partial charge is 0.479 e. The summed E-state index contributed by atoms with van der Waals surface area (Å²) in [5.74, 6) is -5.26. The number of nitrogens with zero attached hydrogens (tertiary/aromatic N) is 1. The molecule has 2 rings (SSSR count). The summed E-state index contributed by atoms with van der Waals surface area (Å²) in [6, 6.07) is 1.89. The van der Waals surface area contributed by atoms with Gasteiger partial charge in [0.2, 0.25) is 0 Å². The van der Waals surface area contributed by atoms with Crippen molar-refractivity contribution in [2.75, 3.05) is 0 Å². The van der Waals surface area contributed by atoms with Gasteiger partial charge in [-0.2, -0.15) is 0 Å². The maximum atomic E-state index is 13.6. The lowest BCUT2D eigenvalue weighted by molar-refractivity contribution is -0.143. The number of halogens is 3. The molecule has 3 nitrogen and oxygen atoms in total. The van der Waals surface area contributed by atoms with Gasteiger partial charge in [-0.3, -0.25) is 4.99 Å². The van der Waals surface area contributed by atoms with E-state index in [0.29, 0.717) is 0 Å². The van der Waals surface area contributed by atoms with Gasteiger partial charge in [0, 0.05) is 11.3 Å². The van der Waals surface area contributed by atoms with Crippen molar-refractivity contribution >= 4 is 11.7 Å². The Kier molecular flexibility index (Phi) is 3.34. The highest BCUT2D eigenvalue weighted by Gasteiger charge is 2.41. The molecule has 0 unspecified atom stereocenters. The first-order valence-electron chi connectivity index (χ1n) is 5.87. The average Bonchev–Trinajstić information content (AvgIpc) is 2.82. The second kappa shape index (κ2) is 4.68. The van der Waals surface area contributed by atoms with Crippen LogP contribution in [-0.4, -0.2) is 22.3 Å². The van der Waals surface area contributed by atoms with E-state index in [1.165, 1.54) is 0 Å². The molecule has 0 radical (unpaired) electrons. The summed E-state index contributed by atoms with van der Waals surface area (Å²) in [6.45, 7) is 1.67. The fourth-order valence-corrected chi connectivity index (χ4v) is 2.20. The van der Waals surface area contributed by atoms with E-state index in [1.54, 1.807) is 6.92 Å². The van der Waals surface area contributed by atoms with E-state index in [9.17, 15) is 18.0 Å². The number of carbonyl (C=O) groups is 1. The molecular weight excluding hydrogens is 259 g/mol. The van der Waals surface area contributed by atoms with Crippen LogP contribution < -0.4 is 0 Å². The van der Waals surface area contributed by atoms with Crippen molar-refractivity contribution in [3.63, 3.8) is 0 Å². The molecule has 0 saturated heterocycles. The topological polar surface area (TPSA) is 49.7 Å². The van der Waals surface area contributed by atoms with Crippen molar-refractivity contribution < 1.29 is 23.1 Å². The Labute approximate surface area is 107 Å². The quantitative estimate of drug-likeness (QED) is 0.859. The normalized spacial score (nSPS) is 22.4. The fourth-order valence-electron chi connectivity index (χ4n) is 2.20. The third-order valence-corrected chi connectivity index (χ3v) is 3.45. The van der Waals surface area contributed by atoms with Gasteiger partial charge in [0.15, 0.2) is 23.0 Å². The van der Waals surface area contributed by atoms with Crippen LogP contribution in [0.2, 0.25) is 0 Å². The molecule has 1 aromatic rings. The molecule has 19 heavy (non-hydrogen) atoms. The molecule has 1 heterocycles. The molecule has 0 aliphatic carbocycles. The monoisotopic (exact) mass is 271 g/mol. The minimum atomic E-state index is -1.57. The van der Waals surface area contributed by atoms with Crippen LogP contribution in [-0.2, 0) is 4.79 Å². The lowest BCUT2D eigenvalue weighted by atomic mass is 9.93. The molecular formula is C13H12F3NO2. The van der Waals surface area contributed by atoms with E-state index in [-0.39, 0.29) is 30.5 Å². The number of carboxylic acids is 1. The minimum absolute atomic E-state index is 0.167. The molecule has 0 amide bonds. The summed E-state index contributed by atoms with van der Waals surface area (Å²) in [5, 5.41) is 9.16. The van der Waals surface area contributed by atoms with Crippen LogP contribution in [0, 0.1) is 17.5 Å².